The van der Waals surface area contributed by atoms with E-state index in [0.29, 0.717) is 0 Å². The molecule has 118 valence electrons. The van der Waals surface area contributed by atoms with Crippen molar-refractivity contribution < 1.29 is 30.8 Å². The Bertz CT molecular complexity index is 587. The molecule has 1 aromatic heterocycles. The van der Waals surface area contributed by atoms with E-state index in [0.717, 1.165) is 0 Å². The predicted octanol–water partition coefficient (Wildman–Crippen LogP) is 2.46. The molecule has 0 saturated heterocycles. The number of sulfonamides is 1. The van der Waals surface area contributed by atoms with E-state index in [1.54, 1.807) is 0 Å². The molecule has 1 aliphatic rings. The lowest BCUT2D eigenvalue weighted by atomic mass is 9.88. The third kappa shape index (κ3) is 3.78. The van der Waals surface area contributed by atoms with E-state index >= 15 is 0 Å². The molecule has 1 fully saturated rings. The first-order valence-corrected chi connectivity index (χ1v) is 7.91. The van der Waals surface area contributed by atoms with Crippen molar-refractivity contribution in [2.75, 3.05) is 0 Å². The first-order chi connectivity index (χ1) is 9.70. The van der Waals surface area contributed by atoms with Gasteiger partial charge in [0.05, 0.1) is 17.4 Å². The third-order valence-electron chi connectivity index (χ3n) is 3.56. The standard InChI is InChI=1S/C12H14F3NO4S/c13-12(14,15)8-3-5-9(6-4-8)21(18,19)16-11(17)10-2-1-7-20-10/h1-2,7-9H,3-6H2,(H,16,17). The van der Waals surface area contributed by atoms with E-state index in [2.05, 4.69) is 0 Å². The van der Waals surface area contributed by atoms with Gasteiger partial charge in [-0.05, 0) is 37.8 Å². The number of hydrogen-bond donors (Lipinski definition) is 1. The lowest BCUT2D eigenvalue weighted by molar-refractivity contribution is -0.181. The fraction of sp³-hybridized carbons (Fsp3) is 0.583. The highest BCUT2D eigenvalue weighted by molar-refractivity contribution is 7.90. The molecule has 5 nitrogen and oxygen atoms in total. The van der Waals surface area contributed by atoms with Crippen molar-refractivity contribution in [3.05, 3.63) is 24.2 Å². The molecule has 2 rings (SSSR count). The van der Waals surface area contributed by atoms with E-state index in [-0.39, 0.29) is 31.4 Å². The Morgan fingerprint density at radius 3 is 2.33 bits per heavy atom. The zero-order valence-corrected chi connectivity index (χ0v) is 11.7. The monoisotopic (exact) mass is 325 g/mol. The van der Waals surface area contributed by atoms with Gasteiger partial charge in [0, 0.05) is 0 Å². The van der Waals surface area contributed by atoms with Gasteiger partial charge in [-0.2, -0.15) is 13.2 Å². The average molecular weight is 325 g/mol. The molecule has 1 aliphatic carbocycles. The predicted molar refractivity (Wildman–Crippen MR) is 66.9 cm³/mol. The number of hydrogen-bond acceptors (Lipinski definition) is 4. The van der Waals surface area contributed by atoms with Crippen LogP contribution in [0.3, 0.4) is 0 Å². The summed E-state index contributed by atoms with van der Waals surface area (Å²) in [5.74, 6) is -2.55. The number of carbonyl (C=O) groups excluding carboxylic acids is 1. The first kappa shape index (κ1) is 15.9. The van der Waals surface area contributed by atoms with Gasteiger partial charge >= 0.3 is 6.18 Å². The molecule has 0 bridgehead atoms. The Hall–Kier alpha value is -1.51. The van der Waals surface area contributed by atoms with E-state index in [1.807, 2.05) is 4.72 Å². The van der Waals surface area contributed by atoms with Gasteiger partial charge in [0.15, 0.2) is 5.76 Å². The Labute approximate surface area is 119 Å². The molecule has 1 aromatic rings. The number of alkyl halides is 3. The Morgan fingerprint density at radius 2 is 1.86 bits per heavy atom. The van der Waals surface area contributed by atoms with Crippen LogP contribution in [0.5, 0.6) is 0 Å². The van der Waals surface area contributed by atoms with Crippen molar-refractivity contribution in [3.63, 3.8) is 0 Å². The minimum absolute atomic E-state index is 0.120. The van der Waals surface area contributed by atoms with Gasteiger partial charge < -0.3 is 4.42 Å². The maximum absolute atomic E-state index is 12.5. The van der Waals surface area contributed by atoms with Gasteiger partial charge in [-0.3, -0.25) is 4.79 Å². The molecule has 9 heteroatoms. The largest absolute Gasteiger partial charge is 0.459 e. The second-order valence-electron chi connectivity index (χ2n) is 4.97. The summed E-state index contributed by atoms with van der Waals surface area (Å²) >= 11 is 0. The van der Waals surface area contributed by atoms with Gasteiger partial charge in [0.25, 0.3) is 5.91 Å². The Balaban J connectivity index is 1.97. The minimum atomic E-state index is -4.30. The topological polar surface area (TPSA) is 76.4 Å². The van der Waals surface area contributed by atoms with Crippen LogP contribution >= 0.6 is 0 Å². The highest BCUT2D eigenvalue weighted by atomic mass is 32.2. The van der Waals surface area contributed by atoms with E-state index < -0.39 is 33.3 Å². The molecule has 0 spiro atoms. The van der Waals surface area contributed by atoms with Crippen molar-refractivity contribution in [3.8, 4) is 0 Å². The van der Waals surface area contributed by atoms with Crippen molar-refractivity contribution >= 4 is 15.9 Å². The van der Waals surface area contributed by atoms with Crippen molar-refractivity contribution in [1.29, 1.82) is 0 Å². The highest BCUT2D eigenvalue weighted by Gasteiger charge is 2.44. The molecule has 0 atom stereocenters. The maximum Gasteiger partial charge on any atom is 0.391 e. The molecule has 1 amide bonds. The third-order valence-corrected chi connectivity index (χ3v) is 5.37. The fourth-order valence-corrected chi connectivity index (χ4v) is 3.79. The van der Waals surface area contributed by atoms with Crippen molar-refractivity contribution in [2.45, 2.75) is 37.1 Å². The second-order valence-corrected chi connectivity index (χ2v) is 6.93. The number of amides is 1. The van der Waals surface area contributed by atoms with Gasteiger partial charge in [-0.1, -0.05) is 0 Å². The van der Waals surface area contributed by atoms with Gasteiger partial charge in [-0.25, -0.2) is 13.1 Å². The first-order valence-electron chi connectivity index (χ1n) is 6.36. The molecular formula is C12H14F3NO4S. The summed E-state index contributed by atoms with van der Waals surface area (Å²) < 4.78 is 68.2. The lowest BCUT2D eigenvalue weighted by Gasteiger charge is -2.29. The van der Waals surface area contributed by atoms with Gasteiger partial charge in [-0.15, -0.1) is 0 Å². The molecule has 1 heterocycles. The van der Waals surface area contributed by atoms with Crippen LogP contribution in [0.1, 0.15) is 36.2 Å². The zero-order valence-electron chi connectivity index (χ0n) is 10.9. The Kier molecular flexibility index (Phi) is 4.31. The van der Waals surface area contributed by atoms with Crippen molar-refractivity contribution in [1.82, 2.24) is 4.72 Å². The summed E-state index contributed by atoms with van der Waals surface area (Å²) in [6, 6.07) is 2.72. The van der Waals surface area contributed by atoms with Crippen molar-refractivity contribution in [2.24, 2.45) is 5.92 Å². The molecule has 21 heavy (non-hydrogen) atoms. The second kappa shape index (κ2) is 5.70. The van der Waals surface area contributed by atoms with Crippen LogP contribution in [0.2, 0.25) is 0 Å². The van der Waals surface area contributed by atoms with Crippen LogP contribution < -0.4 is 4.72 Å². The number of carbonyl (C=O) groups is 1. The number of halogens is 3. The van der Waals surface area contributed by atoms with Crippen LogP contribution in [-0.4, -0.2) is 25.8 Å². The zero-order chi connectivity index (χ0) is 15.7. The average Bonchev–Trinajstić information content (AvgIpc) is 2.91. The van der Waals surface area contributed by atoms with E-state index in [4.69, 9.17) is 4.42 Å². The fourth-order valence-electron chi connectivity index (χ4n) is 2.37. The lowest BCUT2D eigenvalue weighted by Crippen LogP contribution is -2.41. The molecule has 0 unspecified atom stereocenters. The smallest absolute Gasteiger partial charge is 0.391 e. The maximum atomic E-state index is 12.5. The van der Waals surface area contributed by atoms with Gasteiger partial charge in [0.1, 0.15) is 0 Å². The molecule has 1 saturated carbocycles. The summed E-state index contributed by atoms with van der Waals surface area (Å²) in [4.78, 5) is 11.6. The minimum Gasteiger partial charge on any atom is -0.459 e. The SMILES string of the molecule is O=C(NS(=O)(=O)C1CCC(C(F)(F)F)CC1)c1ccco1. The molecule has 0 aliphatic heterocycles. The molecule has 0 radical (unpaired) electrons. The summed E-state index contributed by atoms with van der Waals surface area (Å²) in [6.07, 6.45) is -3.81. The summed E-state index contributed by atoms with van der Waals surface area (Å²) in [5.41, 5.74) is 0. The molecule has 1 N–H and O–H groups in total. The van der Waals surface area contributed by atoms with Crippen LogP contribution in [-0.2, 0) is 10.0 Å². The quantitative estimate of drug-likeness (QED) is 0.926. The van der Waals surface area contributed by atoms with Crippen LogP contribution in [0.25, 0.3) is 0 Å². The summed E-state index contributed by atoms with van der Waals surface area (Å²) in [7, 11) is -4.00. The number of furan rings is 1. The normalized spacial score (nSPS) is 23.8. The molecule has 0 aromatic carbocycles. The van der Waals surface area contributed by atoms with Crippen LogP contribution in [0, 0.1) is 5.92 Å². The molecular weight excluding hydrogens is 311 g/mol. The number of nitrogens with one attached hydrogen (secondary N) is 1. The number of rotatable bonds is 3. The Morgan fingerprint density at radius 1 is 1.24 bits per heavy atom. The van der Waals surface area contributed by atoms with Crippen LogP contribution in [0.15, 0.2) is 22.8 Å². The van der Waals surface area contributed by atoms with E-state index in [9.17, 15) is 26.4 Å². The summed E-state index contributed by atoms with van der Waals surface area (Å²) in [6.45, 7) is 0. The summed E-state index contributed by atoms with van der Waals surface area (Å²) in [5, 5.41) is -0.991. The van der Waals surface area contributed by atoms with Gasteiger partial charge in [0.2, 0.25) is 10.0 Å². The van der Waals surface area contributed by atoms with Crippen LogP contribution in [0.4, 0.5) is 13.2 Å². The highest BCUT2D eigenvalue weighted by Crippen LogP contribution is 2.38. The van der Waals surface area contributed by atoms with E-state index in [1.165, 1.54) is 18.4 Å².